The molecule has 1 aliphatic rings. The van der Waals surface area contributed by atoms with Crippen molar-refractivity contribution in [1.82, 2.24) is 0 Å². The summed E-state index contributed by atoms with van der Waals surface area (Å²) in [5.41, 5.74) is 0. The molecule has 48 valence electrons. The first-order valence-corrected chi connectivity index (χ1v) is 5.16. The lowest BCUT2D eigenvalue weighted by Gasteiger charge is -1.99. The van der Waals surface area contributed by atoms with Crippen LogP contribution in [0, 0.1) is 0 Å². The second kappa shape index (κ2) is 3.40. The fourth-order valence-electron chi connectivity index (χ4n) is 0.655. The molecule has 9 heavy (non-hydrogen) atoms. The molecular formula is C5H4BBr3. The Balaban J connectivity index is 2.59. The van der Waals surface area contributed by atoms with Crippen molar-refractivity contribution in [3.05, 3.63) is 22.7 Å². The third-order valence-electron chi connectivity index (χ3n) is 1.12. The zero-order valence-corrected chi connectivity index (χ0v) is 9.28. The highest BCUT2D eigenvalue weighted by Gasteiger charge is 2.17. The summed E-state index contributed by atoms with van der Waals surface area (Å²) in [4.78, 5) is 0. The van der Waals surface area contributed by atoms with E-state index in [9.17, 15) is 0 Å². The maximum Gasteiger partial charge on any atom is 0.309 e. The van der Waals surface area contributed by atoms with Crippen LogP contribution in [-0.2, 0) is 0 Å². The van der Waals surface area contributed by atoms with Crippen molar-refractivity contribution in [2.75, 3.05) is 0 Å². The third-order valence-corrected chi connectivity index (χ3v) is 2.87. The molecule has 0 aromatic carbocycles. The summed E-state index contributed by atoms with van der Waals surface area (Å²) in [6, 6.07) is 0. The van der Waals surface area contributed by atoms with E-state index in [0.29, 0.717) is 10.2 Å². The van der Waals surface area contributed by atoms with Gasteiger partial charge >= 0.3 is 4.36 Å². The summed E-state index contributed by atoms with van der Waals surface area (Å²) in [6.07, 6.45) is 6.34. The van der Waals surface area contributed by atoms with E-state index in [-0.39, 0.29) is 0 Å². The highest BCUT2D eigenvalue weighted by molar-refractivity contribution is 9.49. The quantitative estimate of drug-likeness (QED) is 0.650. The van der Waals surface area contributed by atoms with Crippen LogP contribution in [0.3, 0.4) is 0 Å². The Bertz CT molecular complexity index is 162. The molecule has 0 saturated heterocycles. The Hall–Kier alpha value is 0.985. The van der Waals surface area contributed by atoms with Gasteiger partial charge in [-0.1, -0.05) is 34.2 Å². The summed E-state index contributed by atoms with van der Waals surface area (Å²) in [7, 11) is 0. The molecule has 1 aliphatic carbocycles. The van der Waals surface area contributed by atoms with Crippen LogP contribution in [0.15, 0.2) is 22.7 Å². The normalized spacial score (nSPS) is 24.3. The fourth-order valence-corrected chi connectivity index (χ4v) is 1.77. The first-order valence-electron chi connectivity index (χ1n) is 2.54. The smallest absolute Gasteiger partial charge is 0.138 e. The van der Waals surface area contributed by atoms with Crippen LogP contribution in [-0.4, -0.2) is 4.36 Å². The van der Waals surface area contributed by atoms with Crippen LogP contribution in [0.4, 0.5) is 0 Å². The lowest BCUT2D eigenvalue weighted by atomic mass is 9.88. The van der Waals surface area contributed by atoms with Crippen LogP contribution >= 0.6 is 47.4 Å². The average Bonchev–Trinajstić information content (AvgIpc) is 2.14. The van der Waals surface area contributed by atoms with Crippen molar-refractivity contribution in [3.63, 3.8) is 0 Å². The first-order chi connectivity index (χ1) is 4.20. The largest absolute Gasteiger partial charge is 0.309 e. The molecule has 0 aromatic rings. The molecule has 4 heteroatoms. The van der Waals surface area contributed by atoms with Gasteiger partial charge in [0.05, 0.1) is 0 Å². The highest BCUT2D eigenvalue weighted by atomic mass is 79.9. The van der Waals surface area contributed by atoms with Gasteiger partial charge < -0.3 is 0 Å². The maximum absolute atomic E-state index is 3.43. The monoisotopic (exact) mass is 312 g/mol. The summed E-state index contributed by atoms with van der Waals surface area (Å²) in [5, 5.41) is 0. The van der Waals surface area contributed by atoms with Gasteiger partial charge in [0.2, 0.25) is 0 Å². The van der Waals surface area contributed by atoms with Crippen molar-refractivity contribution in [2.24, 2.45) is 0 Å². The summed E-state index contributed by atoms with van der Waals surface area (Å²) in [6.45, 7) is 0. The lowest BCUT2D eigenvalue weighted by molar-refractivity contribution is 1.41. The minimum absolute atomic E-state index is 0.358. The van der Waals surface area contributed by atoms with Crippen LogP contribution in [0.1, 0.15) is 0 Å². The standard InChI is InChI=1S/C5H4BBr3/c7-5-2-1-4(3-5)6(8)9/h1-4H. The maximum atomic E-state index is 3.43. The lowest BCUT2D eigenvalue weighted by Crippen LogP contribution is -1.96. The van der Waals surface area contributed by atoms with Crippen molar-refractivity contribution in [2.45, 2.75) is 5.82 Å². The predicted molar refractivity (Wildman–Crippen MR) is 53.5 cm³/mol. The van der Waals surface area contributed by atoms with Gasteiger partial charge in [0, 0.05) is 4.48 Å². The van der Waals surface area contributed by atoms with E-state index < -0.39 is 0 Å². The summed E-state index contributed by atoms with van der Waals surface area (Å²) in [5.74, 6) is 0.486. The zero-order chi connectivity index (χ0) is 6.85. The third kappa shape index (κ3) is 2.24. The van der Waals surface area contributed by atoms with E-state index in [1.54, 1.807) is 0 Å². The number of hydrogen-bond donors (Lipinski definition) is 0. The zero-order valence-electron chi connectivity index (χ0n) is 4.52. The van der Waals surface area contributed by atoms with Crippen molar-refractivity contribution in [1.29, 1.82) is 0 Å². The summed E-state index contributed by atoms with van der Waals surface area (Å²) >= 11 is 10.2. The van der Waals surface area contributed by atoms with E-state index in [0.717, 1.165) is 4.48 Å². The van der Waals surface area contributed by atoms with Gasteiger partial charge in [-0.15, -0.1) is 31.5 Å². The van der Waals surface area contributed by atoms with E-state index in [4.69, 9.17) is 0 Å². The van der Waals surface area contributed by atoms with Gasteiger partial charge in [0.15, 0.2) is 0 Å². The van der Waals surface area contributed by atoms with E-state index >= 15 is 0 Å². The topological polar surface area (TPSA) is 0 Å². The van der Waals surface area contributed by atoms with Crippen LogP contribution < -0.4 is 0 Å². The molecular weight excluding hydrogens is 311 g/mol. The Labute approximate surface area is 79.9 Å². The van der Waals surface area contributed by atoms with Gasteiger partial charge in [-0.25, -0.2) is 0 Å². The molecule has 0 N–H and O–H groups in total. The Morgan fingerprint density at radius 3 is 2.33 bits per heavy atom. The second-order valence-electron chi connectivity index (χ2n) is 1.82. The molecule has 0 radical (unpaired) electrons. The highest BCUT2D eigenvalue weighted by Crippen LogP contribution is 2.31. The molecule has 0 heterocycles. The van der Waals surface area contributed by atoms with Crippen LogP contribution in [0.25, 0.3) is 0 Å². The van der Waals surface area contributed by atoms with Gasteiger partial charge in [0.1, 0.15) is 0 Å². The SMILES string of the molecule is BrB(Br)C1C=CC(Br)=C1. The van der Waals surface area contributed by atoms with Gasteiger partial charge in [-0.2, -0.15) is 0 Å². The molecule has 0 amide bonds. The molecule has 0 spiro atoms. The van der Waals surface area contributed by atoms with Crippen LogP contribution in [0.5, 0.6) is 0 Å². The summed E-state index contributed by atoms with van der Waals surface area (Å²) < 4.78 is 1.52. The van der Waals surface area contributed by atoms with Crippen molar-refractivity contribution in [3.8, 4) is 0 Å². The van der Waals surface area contributed by atoms with Gasteiger partial charge in [0.25, 0.3) is 0 Å². The molecule has 0 aromatic heterocycles. The molecule has 0 fully saturated rings. The van der Waals surface area contributed by atoms with Crippen molar-refractivity contribution >= 4 is 51.8 Å². The molecule has 1 atom stereocenters. The molecule has 1 rings (SSSR count). The predicted octanol–water partition coefficient (Wildman–Crippen LogP) is 3.48. The Kier molecular flexibility index (Phi) is 3.05. The fraction of sp³-hybridized carbons (Fsp3) is 0.200. The average molecular weight is 315 g/mol. The Morgan fingerprint density at radius 2 is 2.11 bits per heavy atom. The van der Waals surface area contributed by atoms with E-state index in [1.165, 1.54) is 0 Å². The molecule has 0 aliphatic heterocycles. The minimum Gasteiger partial charge on any atom is -0.138 e. The molecule has 0 saturated carbocycles. The second-order valence-corrected chi connectivity index (χ2v) is 5.94. The van der Waals surface area contributed by atoms with E-state index in [2.05, 4.69) is 65.7 Å². The number of allylic oxidation sites excluding steroid dienone is 4. The van der Waals surface area contributed by atoms with Gasteiger partial charge in [-0.3, -0.25) is 0 Å². The molecule has 0 bridgehead atoms. The Morgan fingerprint density at radius 1 is 1.44 bits per heavy atom. The molecule has 1 unspecified atom stereocenters. The minimum atomic E-state index is 0.358. The van der Waals surface area contributed by atoms with E-state index in [1.807, 2.05) is 0 Å². The van der Waals surface area contributed by atoms with Crippen LogP contribution in [0.2, 0.25) is 5.82 Å². The number of hydrogen-bond acceptors (Lipinski definition) is 0. The van der Waals surface area contributed by atoms with Crippen molar-refractivity contribution < 1.29 is 0 Å². The number of halogens is 3. The number of rotatable bonds is 1. The first kappa shape index (κ1) is 8.09. The van der Waals surface area contributed by atoms with Gasteiger partial charge in [-0.05, 0) is 5.82 Å². The molecule has 0 nitrogen and oxygen atoms in total.